The van der Waals surface area contributed by atoms with Crippen molar-refractivity contribution in [2.24, 2.45) is 0 Å². The quantitative estimate of drug-likeness (QED) is 0.204. The molecule has 0 radical (unpaired) electrons. The summed E-state index contributed by atoms with van der Waals surface area (Å²) in [5.74, 6) is 0. The van der Waals surface area contributed by atoms with Crippen LogP contribution in [0.3, 0.4) is 0 Å². The van der Waals surface area contributed by atoms with E-state index in [-0.39, 0.29) is 18.5 Å². The first-order chi connectivity index (χ1) is 11.1. The lowest BCUT2D eigenvalue weighted by molar-refractivity contribution is -0.178. The fraction of sp³-hybridized carbons (Fsp3) is 0.714. The molecule has 0 bridgehead atoms. The van der Waals surface area contributed by atoms with Gasteiger partial charge < -0.3 is 9.47 Å². The van der Waals surface area contributed by atoms with Gasteiger partial charge in [0.05, 0.1) is 12.2 Å². The Balaban J connectivity index is 3.79. The molecule has 2 heteroatoms. The van der Waals surface area contributed by atoms with E-state index in [2.05, 4.69) is 43.4 Å². The third-order valence-electron chi connectivity index (χ3n) is 3.20. The minimum absolute atomic E-state index is 0.138. The molecule has 0 saturated heterocycles. The standard InChI is InChI=1S/C21H38O2/c1-6-7-8-9-10-11-12-13-14-15-16-17-18-21(22-19(2)3)23-20(4)5/h10-11,13-14,16-17,19-21H,6-9,12,15,18H2,1-5H3/b11-10-,14-13-,17-16-. The van der Waals surface area contributed by atoms with E-state index in [0.717, 1.165) is 19.3 Å². The second-order valence-corrected chi connectivity index (χ2v) is 6.42. The molecule has 0 aliphatic rings. The Labute approximate surface area is 144 Å². The second kappa shape index (κ2) is 16.0. The Morgan fingerprint density at radius 1 is 0.696 bits per heavy atom. The normalized spacial score (nSPS) is 13.0. The van der Waals surface area contributed by atoms with E-state index in [0.29, 0.717) is 0 Å². The predicted molar refractivity (Wildman–Crippen MR) is 102 cm³/mol. The smallest absolute Gasteiger partial charge is 0.161 e. The fourth-order valence-electron chi connectivity index (χ4n) is 2.13. The lowest BCUT2D eigenvalue weighted by Crippen LogP contribution is -2.23. The lowest BCUT2D eigenvalue weighted by Gasteiger charge is -2.21. The first-order valence-electron chi connectivity index (χ1n) is 9.32. The van der Waals surface area contributed by atoms with Crippen molar-refractivity contribution in [2.75, 3.05) is 0 Å². The van der Waals surface area contributed by atoms with E-state index in [1.54, 1.807) is 0 Å². The summed E-state index contributed by atoms with van der Waals surface area (Å²) in [7, 11) is 0. The van der Waals surface area contributed by atoms with Crippen LogP contribution in [0.4, 0.5) is 0 Å². The van der Waals surface area contributed by atoms with Crippen LogP contribution in [0.1, 0.15) is 79.6 Å². The fourth-order valence-corrected chi connectivity index (χ4v) is 2.13. The molecule has 0 N–H and O–H groups in total. The van der Waals surface area contributed by atoms with Crippen LogP contribution in [0, 0.1) is 0 Å². The molecule has 2 nitrogen and oxygen atoms in total. The van der Waals surface area contributed by atoms with Gasteiger partial charge in [0.15, 0.2) is 6.29 Å². The van der Waals surface area contributed by atoms with E-state index >= 15 is 0 Å². The highest BCUT2D eigenvalue weighted by Gasteiger charge is 2.11. The van der Waals surface area contributed by atoms with Gasteiger partial charge in [0.1, 0.15) is 0 Å². The number of hydrogen-bond donors (Lipinski definition) is 0. The summed E-state index contributed by atoms with van der Waals surface area (Å²) in [4.78, 5) is 0. The molecule has 0 amide bonds. The van der Waals surface area contributed by atoms with Gasteiger partial charge in [-0.1, -0.05) is 56.2 Å². The molecular formula is C21H38O2. The minimum atomic E-state index is -0.138. The van der Waals surface area contributed by atoms with E-state index in [9.17, 15) is 0 Å². The highest BCUT2D eigenvalue weighted by molar-refractivity contribution is 4.97. The number of rotatable bonds is 14. The van der Waals surface area contributed by atoms with Crippen LogP contribution in [-0.4, -0.2) is 18.5 Å². The summed E-state index contributed by atoms with van der Waals surface area (Å²) in [6.07, 6.45) is 21.6. The molecule has 0 aliphatic heterocycles. The minimum Gasteiger partial charge on any atom is -0.350 e. The summed E-state index contributed by atoms with van der Waals surface area (Å²) < 4.78 is 11.5. The van der Waals surface area contributed by atoms with Crippen LogP contribution in [0.15, 0.2) is 36.5 Å². The Morgan fingerprint density at radius 3 is 1.74 bits per heavy atom. The topological polar surface area (TPSA) is 18.5 Å². The Morgan fingerprint density at radius 2 is 1.22 bits per heavy atom. The van der Waals surface area contributed by atoms with Crippen molar-refractivity contribution in [2.45, 2.75) is 98.1 Å². The van der Waals surface area contributed by atoms with Crippen LogP contribution < -0.4 is 0 Å². The predicted octanol–water partition coefficient (Wildman–Crippen LogP) is 6.58. The molecule has 0 aromatic rings. The monoisotopic (exact) mass is 322 g/mol. The Kier molecular flexibility index (Phi) is 15.4. The number of ether oxygens (including phenoxy) is 2. The largest absolute Gasteiger partial charge is 0.350 e. The maximum Gasteiger partial charge on any atom is 0.161 e. The zero-order valence-electron chi connectivity index (χ0n) is 16.0. The summed E-state index contributed by atoms with van der Waals surface area (Å²) in [6, 6.07) is 0. The lowest BCUT2D eigenvalue weighted by atomic mass is 10.2. The van der Waals surface area contributed by atoms with Gasteiger partial charge >= 0.3 is 0 Å². The van der Waals surface area contributed by atoms with E-state index < -0.39 is 0 Å². The molecule has 0 unspecified atom stereocenters. The molecule has 0 atom stereocenters. The van der Waals surface area contributed by atoms with Crippen molar-refractivity contribution in [3.63, 3.8) is 0 Å². The maximum absolute atomic E-state index is 5.76. The maximum atomic E-state index is 5.76. The third kappa shape index (κ3) is 17.3. The highest BCUT2D eigenvalue weighted by atomic mass is 16.7. The van der Waals surface area contributed by atoms with Crippen molar-refractivity contribution < 1.29 is 9.47 Å². The van der Waals surface area contributed by atoms with Gasteiger partial charge in [-0.05, 0) is 53.4 Å². The van der Waals surface area contributed by atoms with Crippen LogP contribution >= 0.6 is 0 Å². The van der Waals surface area contributed by atoms with Crippen molar-refractivity contribution in [3.8, 4) is 0 Å². The van der Waals surface area contributed by atoms with Gasteiger partial charge in [0.2, 0.25) is 0 Å². The number of hydrogen-bond acceptors (Lipinski definition) is 2. The van der Waals surface area contributed by atoms with Gasteiger partial charge in [0, 0.05) is 6.42 Å². The van der Waals surface area contributed by atoms with E-state index in [1.165, 1.54) is 25.7 Å². The zero-order chi connectivity index (χ0) is 17.3. The Bertz CT molecular complexity index is 317. The third-order valence-corrected chi connectivity index (χ3v) is 3.20. The molecule has 0 aliphatic carbocycles. The van der Waals surface area contributed by atoms with E-state index in [1.807, 2.05) is 27.7 Å². The molecule has 0 rings (SSSR count). The van der Waals surface area contributed by atoms with Crippen molar-refractivity contribution in [3.05, 3.63) is 36.5 Å². The first-order valence-corrected chi connectivity index (χ1v) is 9.32. The SMILES string of the molecule is CCCCC/C=C\C/C=C\C/C=C\CC(OC(C)C)OC(C)C. The zero-order valence-corrected chi connectivity index (χ0v) is 16.0. The molecule has 0 spiro atoms. The van der Waals surface area contributed by atoms with Crippen LogP contribution in [0.5, 0.6) is 0 Å². The summed E-state index contributed by atoms with van der Waals surface area (Å²) in [5, 5.41) is 0. The van der Waals surface area contributed by atoms with Crippen LogP contribution in [0.2, 0.25) is 0 Å². The van der Waals surface area contributed by atoms with Crippen LogP contribution in [0.25, 0.3) is 0 Å². The Hall–Kier alpha value is -0.860. The van der Waals surface area contributed by atoms with Crippen LogP contribution in [-0.2, 0) is 9.47 Å². The molecule has 0 aromatic carbocycles. The summed E-state index contributed by atoms with van der Waals surface area (Å²) >= 11 is 0. The molecule has 0 saturated carbocycles. The van der Waals surface area contributed by atoms with Crippen molar-refractivity contribution in [1.82, 2.24) is 0 Å². The number of allylic oxidation sites excluding steroid dienone is 5. The average molecular weight is 323 g/mol. The molecular weight excluding hydrogens is 284 g/mol. The highest BCUT2D eigenvalue weighted by Crippen LogP contribution is 2.09. The van der Waals surface area contributed by atoms with Crippen molar-refractivity contribution in [1.29, 1.82) is 0 Å². The molecule has 0 aromatic heterocycles. The van der Waals surface area contributed by atoms with Gasteiger partial charge in [-0.3, -0.25) is 0 Å². The van der Waals surface area contributed by atoms with Gasteiger partial charge in [-0.25, -0.2) is 0 Å². The van der Waals surface area contributed by atoms with E-state index in [4.69, 9.17) is 9.47 Å². The first kappa shape index (κ1) is 22.1. The molecule has 0 heterocycles. The molecule has 134 valence electrons. The number of unbranched alkanes of at least 4 members (excludes halogenated alkanes) is 3. The summed E-state index contributed by atoms with van der Waals surface area (Å²) in [6.45, 7) is 10.4. The molecule has 0 fully saturated rings. The van der Waals surface area contributed by atoms with Gasteiger partial charge in [0.25, 0.3) is 0 Å². The van der Waals surface area contributed by atoms with Gasteiger partial charge in [-0.15, -0.1) is 0 Å². The van der Waals surface area contributed by atoms with Crippen molar-refractivity contribution >= 4 is 0 Å². The molecule has 23 heavy (non-hydrogen) atoms. The summed E-state index contributed by atoms with van der Waals surface area (Å²) in [5.41, 5.74) is 0. The van der Waals surface area contributed by atoms with Gasteiger partial charge in [-0.2, -0.15) is 0 Å². The average Bonchev–Trinajstić information content (AvgIpc) is 2.47. The second-order valence-electron chi connectivity index (χ2n) is 6.42.